The van der Waals surface area contributed by atoms with E-state index in [0.717, 1.165) is 24.0 Å². The van der Waals surface area contributed by atoms with Crippen molar-refractivity contribution in [3.8, 4) is 0 Å². The minimum atomic E-state index is -3.60. The molecule has 6 nitrogen and oxygen atoms in total. The van der Waals surface area contributed by atoms with Crippen molar-refractivity contribution < 1.29 is 22.3 Å². The second-order valence-electron chi connectivity index (χ2n) is 7.40. The third-order valence-electron chi connectivity index (χ3n) is 5.40. The van der Waals surface area contributed by atoms with Crippen LogP contribution < -0.4 is 4.72 Å². The summed E-state index contributed by atoms with van der Waals surface area (Å²) in [5, 5.41) is 0. The molecule has 0 unspecified atom stereocenters. The van der Waals surface area contributed by atoms with Gasteiger partial charge in [-0.2, -0.15) is 0 Å². The molecule has 0 spiro atoms. The SMILES string of the molecule is O=C(c1ccc(F)cc1)N1CCc2cc(S(=O)(=O)NC[C@@H]3CCCO3)ccc2C1. The van der Waals surface area contributed by atoms with Crippen molar-refractivity contribution in [1.82, 2.24) is 9.62 Å². The van der Waals surface area contributed by atoms with E-state index in [-0.39, 0.29) is 29.3 Å². The summed E-state index contributed by atoms with van der Waals surface area (Å²) in [6.45, 7) is 1.84. The average Bonchev–Trinajstić information content (AvgIpc) is 3.25. The van der Waals surface area contributed by atoms with Gasteiger partial charge in [-0.3, -0.25) is 4.79 Å². The maximum absolute atomic E-state index is 13.1. The summed E-state index contributed by atoms with van der Waals surface area (Å²) in [6, 6.07) is 10.5. The smallest absolute Gasteiger partial charge is 0.254 e. The highest BCUT2D eigenvalue weighted by Gasteiger charge is 2.25. The molecule has 2 heterocycles. The Kier molecular flexibility index (Phi) is 5.67. The number of rotatable bonds is 5. The highest BCUT2D eigenvalue weighted by Crippen LogP contribution is 2.24. The number of halogens is 1. The Labute approximate surface area is 169 Å². The van der Waals surface area contributed by atoms with Crippen LogP contribution in [0.15, 0.2) is 47.4 Å². The fourth-order valence-corrected chi connectivity index (χ4v) is 4.85. The Morgan fingerprint density at radius 3 is 2.69 bits per heavy atom. The van der Waals surface area contributed by atoms with Gasteiger partial charge in [-0.1, -0.05) is 6.07 Å². The molecule has 1 amide bonds. The van der Waals surface area contributed by atoms with E-state index in [9.17, 15) is 17.6 Å². The first-order valence-corrected chi connectivity index (χ1v) is 11.2. The Balaban J connectivity index is 1.45. The molecule has 154 valence electrons. The van der Waals surface area contributed by atoms with Gasteiger partial charge >= 0.3 is 0 Å². The van der Waals surface area contributed by atoms with Gasteiger partial charge in [0.1, 0.15) is 5.82 Å². The van der Waals surface area contributed by atoms with Crippen LogP contribution in [0.4, 0.5) is 4.39 Å². The van der Waals surface area contributed by atoms with E-state index in [2.05, 4.69) is 4.72 Å². The number of sulfonamides is 1. The lowest BCUT2D eigenvalue weighted by Gasteiger charge is -2.29. The van der Waals surface area contributed by atoms with Gasteiger partial charge < -0.3 is 9.64 Å². The largest absolute Gasteiger partial charge is 0.377 e. The summed E-state index contributed by atoms with van der Waals surface area (Å²) in [7, 11) is -3.60. The van der Waals surface area contributed by atoms with Gasteiger partial charge in [0.25, 0.3) is 5.91 Å². The van der Waals surface area contributed by atoms with Crippen molar-refractivity contribution in [3.63, 3.8) is 0 Å². The maximum Gasteiger partial charge on any atom is 0.254 e. The third kappa shape index (κ3) is 4.49. The monoisotopic (exact) mass is 418 g/mol. The summed E-state index contributed by atoms with van der Waals surface area (Å²) in [4.78, 5) is 14.6. The zero-order valence-corrected chi connectivity index (χ0v) is 16.8. The molecule has 4 rings (SSSR count). The second kappa shape index (κ2) is 8.22. The number of nitrogens with zero attached hydrogens (tertiary/aromatic N) is 1. The standard InChI is InChI=1S/C21H23FN2O4S/c22-18-6-3-15(4-7-18)21(25)24-10-9-16-12-20(8-5-17(16)14-24)29(26,27)23-13-19-2-1-11-28-19/h3-8,12,19,23H,1-2,9-11,13-14H2/t19-/m0/s1. The predicted molar refractivity (Wildman–Crippen MR) is 105 cm³/mol. The Bertz CT molecular complexity index is 1000. The molecule has 8 heteroatoms. The molecule has 2 aliphatic heterocycles. The van der Waals surface area contributed by atoms with Crippen LogP contribution in [0.5, 0.6) is 0 Å². The van der Waals surface area contributed by atoms with Crippen LogP contribution in [0.25, 0.3) is 0 Å². The summed E-state index contributed by atoms with van der Waals surface area (Å²) in [6.07, 6.45) is 2.33. The number of hydrogen-bond donors (Lipinski definition) is 1. The number of carbonyl (C=O) groups excluding carboxylic acids is 1. The van der Waals surface area contributed by atoms with Gasteiger partial charge in [0.15, 0.2) is 0 Å². The van der Waals surface area contributed by atoms with Crippen molar-refractivity contribution >= 4 is 15.9 Å². The van der Waals surface area contributed by atoms with Crippen LogP contribution in [0.3, 0.4) is 0 Å². The number of fused-ring (bicyclic) bond motifs is 1. The number of nitrogens with one attached hydrogen (secondary N) is 1. The molecule has 0 radical (unpaired) electrons. The minimum absolute atomic E-state index is 0.0616. The summed E-state index contributed by atoms with van der Waals surface area (Å²) < 4.78 is 46.4. The van der Waals surface area contributed by atoms with Gasteiger partial charge in [-0.05, 0) is 66.8 Å². The lowest BCUT2D eigenvalue weighted by molar-refractivity contribution is 0.0734. The number of ether oxygens (including phenoxy) is 1. The highest BCUT2D eigenvalue weighted by molar-refractivity contribution is 7.89. The molecule has 0 aromatic heterocycles. The molecule has 1 N–H and O–H groups in total. The molecule has 1 atom stereocenters. The molecule has 1 saturated heterocycles. The molecular weight excluding hydrogens is 395 g/mol. The van der Waals surface area contributed by atoms with Crippen LogP contribution in [-0.4, -0.2) is 45.0 Å². The van der Waals surface area contributed by atoms with Crippen molar-refractivity contribution in [1.29, 1.82) is 0 Å². The number of benzene rings is 2. The number of carbonyl (C=O) groups is 1. The fourth-order valence-electron chi connectivity index (χ4n) is 3.74. The van der Waals surface area contributed by atoms with Crippen LogP contribution in [-0.2, 0) is 27.7 Å². The molecule has 0 aliphatic carbocycles. The maximum atomic E-state index is 13.1. The lowest BCUT2D eigenvalue weighted by Crippen LogP contribution is -2.36. The molecular formula is C21H23FN2O4S. The van der Waals surface area contributed by atoms with Crippen LogP contribution in [0.2, 0.25) is 0 Å². The predicted octanol–water partition coefficient (Wildman–Crippen LogP) is 2.48. The van der Waals surface area contributed by atoms with E-state index in [1.807, 2.05) is 0 Å². The van der Waals surface area contributed by atoms with Crippen molar-refractivity contribution in [2.45, 2.75) is 36.8 Å². The number of amides is 1. The van der Waals surface area contributed by atoms with E-state index in [1.54, 1.807) is 23.1 Å². The number of hydrogen-bond acceptors (Lipinski definition) is 4. The van der Waals surface area contributed by atoms with Gasteiger partial charge in [0.05, 0.1) is 11.0 Å². The second-order valence-corrected chi connectivity index (χ2v) is 9.17. The highest BCUT2D eigenvalue weighted by atomic mass is 32.2. The summed E-state index contributed by atoms with van der Waals surface area (Å²) in [5.41, 5.74) is 2.28. The van der Waals surface area contributed by atoms with Crippen LogP contribution >= 0.6 is 0 Å². The molecule has 1 fully saturated rings. The van der Waals surface area contributed by atoms with Crippen molar-refractivity contribution in [2.24, 2.45) is 0 Å². The lowest BCUT2D eigenvalue weighted by atomic mass is 9.99. The van der Waals surface area contributed by atoms with Gasteiger partial charge in [0, 0.05) is 31.8 Å². The van der Waals surface area contributed by atoms with Crippen molar-refractivity contribution in [2.75, 3.05) is 19.7 Å². The first kappa shape index (κ1) is 20.0. The Morgan fingerprint density at radius 1 is 1.17 bits per heavy atom. The normalized spacial score (nSPS) is 19.2. The van der Waals surface area contributed by atoms with E-state index >= 15 is 0 Å². The summed E-state index contributed by atoms with van der Waals surface area (Å²) in [5.74, 6) is -0.544. The molecule has 2 aromatic rings. The first-order valence-electron chi connectivity index (χ1n) is 9.70. The van der Waals surface area contributed by atoms with Crippen LogP contribution in [0, 0.1) is 5.82 Å². The third-order valence-corrected chi connectivity index (χ3v) is 6.82. The van der Waals surface area contributed by atoms with Gasteiger partial charge in [-0.25, -0.2) is 17.5 Å². The van der Waals surface area contributed by atoms with Gasteiger partial charge in [-0.15, -0.1) is 0 Å². The zero-order chi connectivity index (χ0) is 20.4. The average molecular weight is 418 g/mol. The quantitative estimate of drug-likeness (QED) is 0.810. The van der Waals surface area contributed by atoms with Crippen LogP contribution in [0.1, 0.15) is 34.3 Å². The van der Waals surface area contributed by atoms with E-state index < -0.39 is 10.0 Å². The Hall–Kier alpha value is -2.29. The Morgan fingerprint density at radius 2 is 1.97 bits per heavy atom. The van der Waals surface area contributed by atoms with E-state index in [4.69, 9.17) is 4.74 Å². The molecule has 0 saturated carbocycles. The first-order chi connectivity index (χ1) is 13.9. The summed E-state index contributed by atoms with van der Waals surface area (Å²) >= 11 is 0. The minimum Gasteiger partial charge on any atom is -0.377 e. The molecule has 29 heavy (non-hydrogen) atoms. The van der Waals surface area contributed by atoms with Crippen molar-refractivity contribution in [3.05, 3.63) is 65.0 Å². The molecule has 2 aromatic carbocycles. The molecule has 2 aliphatic rings. The molecule has 0 bridgehead atoms. The van der Waals surface area contributed by atoms with E-state index in [0.29, 0.717) is 31.7 Å². The van der Waals surface area contributed by atoms with E-state index in [1.165, 1.54) is 24.3 Å². The van der Waals surface area contributed by atoms with Gasteiger partial charge in [0.2, 0.25) is 10.0 Å². The zero-order valence-electron chi connectivity index (χ0n) is 15.9. The fraction of sp³-hybridized carbons (Fsp3) is 0.381. The topological polar surface area (TPSA) is 75.7 Å².